The summed E-state index contributed by atoms with van der Waals surface area (Å²) in [4.78, 5) is 12.0. The molecule has 2 rings (SSSR count). The molecule has 5 heteroatoms. The normalized spacial score (nSPS) is 10.2. The zero-order chi connectivity index (χ0) is 13.1. The molecule has 0 aromatic heterocycles. The molecule has 2 aromatic carbocycles. The van der Waals surface area contributed by atoms with E-state index in [1.807, 2.05) is 12.1 Å². The van der Waals surface area contributed by atoms with Gasteiger partial charge in [-0.05, 0) is 0 Å². The molecular weight excluding hydrogens is 332 g/mol. The van der Waals surface area contributed by atoms with Crippen LogP contribution in [0.3, 0.4) is 0 Å². The second-order valence-electron chi connectivity index (χ2n) is 3.70. The molecule has 0 fully saturated rings. The molecule has 0 saturated carbocycles. The van der Waals surface area contributed by atoms with Gasteiger partial charge in [-0.3, -0.25) is 0 Å². The monoisotopic (exact) mass is 341 g/mol. The van der Waals surface area contributed by atoms with Gasteiger partial charge in [0.25, 0.3) is 0 Å². The number of halogens is 2. The summed E-state index contributed by atoms with van der Waals surface area (Å²) in [5.41, 5.74) is 1.12. The van der Waals surface area contributed by atoms with Gasteiger partial charge in [-0.1, -0.05) is 0 Å². The third kappa shape index (κ3) is 3.29. The second kappa shape index (κ2) is 5.79. The van der Waals surface area contributed by atoms with Crippen LogP contribution in [0.4, 0.5) is 5.69 Å². The molecule has 0 aliphatic rings. The van der Waals surface area contributed by atoms with Crippen LogP contribution in [-0.4, -0.2) is 22.8 Å². The average molecular weight is 342 g/mol. The van der Waals surface area contributed by atoms with Gasteiger partial charge in [-0.15, -0.1) is 0 Å². The van der Waals surface area contributed by atoms with Crippen molar-refractivity contribution in [2.24, 2.45) is 0 Å². The van der Waals surface area contributed by atoms with E-state index in [4.69, 9.17) is 23.2 Å². The SMILES string of the molecule is O=C(Nc1cc([AsH2])ccc1Cl)c1cccc(Cl)c1. The Kier molecular flexibility index (Phi) is 4.34. The molecule has 0 saturated heterocycles. The molecule has 0 bridgehead atoms. The number of hydrogen-bond acceptors (Lipinski definition) is 1. The minimum atomic E-state index is -0.225. The Bertz CT molecular complexity index is 601. The summed E-state index contributed by atoms with van der Waals surface area (Å²) in [6.45, 7) is 0. The van der Waals surface area contributed by atoms with Crippen molar-refractivity contribution in [1.82, 2.24) is 0 Å². The summed E-state index contributed by atoms with van der Waals surface area (Å²) < 4.78 is 1.09. The molecule has 0 radical (unpaired) electrons. The first-order chi connectivity index (χ1) is 8.56. The first-order valence-corrected chi connectivity index (χ1v) is 7.15. The van der Waals surface area contributed by atoms with Crippen molar-refractivity contribution in [3.8, 4) is 0 Å². The molecule has 0 heterocycles. The van der Waals surface area contributed by atoms with Crippen LogP contribution in [0, 0.1) is 0 Å². The van der Waals surface area contributed by atoms with Crippen molar-refractivity contribution in [2.75, 3.05) is 5.32 Å². The van der Waals surface area contributed by atoms with Gasteiger partial charge in [0.2, 0.25) is 0 Å². The van der Waals surface area contributed by atoms with Gasteiger partial charge in [0.05, 0.1) is 0 Å². The number of rotatable bonds is 2. The van der Waals surface area contributed by atoms with Crippen molar-refractivity contribution >= 4 is 56.0 Å². The second-order valence-corrected chi connectivity index (χ2v) is 5.95. The van der Waals surface area contributed by atoms with E-state index in [2.05, 4.69) is 5.32 Å². The molecule has 92 valence electrons. The first-order valence-electron chi connectivity index (χ1n) is 5.18. The standard InChI is InChI=1S/C13H10AsCl2NO/c14-9-4-5-11(16)12(7-9)17-13(18)8-2-1-3-10(15)6-8/h1-7H,14H2,(H,17,18). The van der Waals surface area contributed by atoms with Crippen LogP contribution in [0.25, 0.3) is 0 Å². The van der Waals surface area contributed by atoms with Gasteiger partial charge in [-0.2, -0.15) is 0 Å². The molecular formula is C13H10AsCl2NO. The fraction of sp³-hybridized carbons (Fsp3) is 0. The number of carbonyl (C=O) groups excluding carboxylic acids is 1. The molecule has 2 nitrogen and oxygen atoms in total. The predicted octanol–water partition coefficient (Wildman–Crippen LogP) is 2.50. The summed E-state index contributed by atoms with van der Waals surface area (Å²) in [5, 5.41) is 3.82. The maximum absolute atomic E-state index is 12.0. The van der Waals surface area contributed by atoms with Crippen LogP contribution >= 0.6 is 23.2 Å². The van der Waals surface area contributed by atoms with Crippen molar-refractivity contribution in [2.45, 2.75) is 0 Å². The van der Waals surface area contributed by atoms with Crippen LogP contribution < -0.4 is 9.67 Å². The Balaban J connectivity index is 2.24. The minimum absolute atomic E-state index is 0.225. The van der Waals surface area contributed by atoms with Crippen LogP contribution in [0.15, 0.2) is 42.5 Å². The number of carbonyl (C=O) groups is 1. The Morgan fingerprint density at radius 2 is 1.89 bits per heavy atom. The molecule has 1 N–H and O–H groups in total. The van der Waals surface area contributed by atoms with Crippen LogP contribution in [0.2, 0.25) is 10.0 Å². The zero-order valence-corrected chi connectivity index (χ0v) is 13.2. The Morgan fingerprint density at radius 1 is 1.11 bits per heavy atom. The molecule has 0 spiro atoms. The topological polar surface area (TPSA) is 29.1 Å². The van der Waals surface area contributed by atoms with Crippen molar-refractivity contribution in [1.29, 1.82) is 0 Å². The van der Waals surface area contributed by atoms with Gasteiger partial charge >= 0.3 is 124 Å². The quantitative estimate of drug-likeness (QED) is 0.835. The summed E-state index contributed by atoms with van der Waals surface area (Å²) in [6, 6.07) is 12.3. The van der Waals surface area contributed by atoms with Gasteiger partial charge in [0.1, 0.15) is 0 Å². The van der Waals surface area contributed by atoms with E-state index >= 15 is 0 Å². The Labute approximate surface area is 124 Å². The van der Waals surface area contributed by atoms with Crippen LogP contribution in [0.1, 0.15) is 10.4 Å². The molecule has 1 amide bonds. The van der Waals surface area contributed by atoms with E-state index in [0.717, 1.165) is 4.35 Å². The Hall–Kier alpha value is -0.952. The first kappa shape index (κ1) is 13.5. The Morgan fingerprint density at radius 3 is 2.61 bits per heavy atom. The summed E-state index contributed by atoms with van der Waals surface area (Å²) in [7, 11) is 0. The van der Waals surface area contributed by atoms with E-state index in [1.54, 1.807) is 30.3 Å². The summed E-state index contributed by atoms with van der Waals surface area (Å²) in [5.74, 6) is -0.225. The van der Waals surface area contributed by atoms with Gasteiger partial charge < -0.3 is 0 Å². The van der Waals surface area contributed by atoms with Crippen molar-refractivity contribution < 1.29 is 4.79 Å². The molecule has 0 aliphatic heterocycles. The van der Waals surface area contributed by atoms with Crippen molar-refractivity contribution in [3.05, 3.63) is 58.1 Å². The third-order valence-electron chi connectivity index (χ3n) is 2.33. The number of nitrogens with one attached hydrogen (secondary N) is 1. The molecule has 0 aliphatic carbocycles. The molecule has 18 heavy (non-hydrogen) atoms. The zero-order valence-electron chi connectivity index (χ0n) is 9.28. The van der Waals surface area contributed by atoms with Gasteiger partial charge in [-0.25, -0.2) is 0 Å². The van der Waals surface area contributed by atoms with E-state index in [-0.39, 0.29) is 5.91 Å². The predicted molar refractivity (Wildman–Crippen MR) is 79.0 cm³/mol. The van der Waals surface area contributed by atoms with E-state index < -0.39 is 0 Å². The summed E-state index contributed by atoms with van der Waals surface area (Å²) in [6.07, 6.45) is 0. The number of anilines is 1. The van der Waals surface area contributed by atoms with Gasteiger partial charge in [0, 0.05) is 0 Å². The third-order valence-corrected chi connectivity index (χ3v) is 3.64. The van der Waals surface area contributed by atoms with E-state index in [1.165, 1.54) is 16.9 Å². The van der Waals surface area contributed by atoms with Crippen LogP contribution in [0.5, 0.6) is 0 Å². The maximum atomic E-state index is 12.0. The average Bonchev–Trinajstić information content (AvgIpc) is 2.34. The molecule has 2 aromatic rings. The summed E-state index contributed by atoms with van der Waals surface area (Å²) >= 11 is 13.3. The number of benzene rings is 2. The fourth-order valence-electron chi connectivity index (χ4n) is 1.46. The van der Waals surface area contributed by atoms with E-state index in [0.29, 0.717) is 21.3 Å². The molecule has 1 atom stereocenters. The van der Waals surface area contributed by atoms with Gasteiger partial charge in [0.15, 0.2) is 0 Å². The fourth-order valence-corrected chi connectivity index (χ4v) is 2.37. The van der Waals surface area contributed by atoms with E-state index in [9.17, 15) is 4.79 Å². The number of hydrogen-bond donors (Lipinski definition) is 1. The van der Waals surface area contributed by atoms with Crippen LogP contribution in [-0.2, 0) is 0 Å². The van der Waals surface area contributed by atoms with Crippen molar-refractivity contribution in [3.63, 3.8) is 0 Å². The number of amides is 1. The molecule has 1 unspecified atom stereocenters.